The standard InChI is InChI=1S/C14H13ClN2O/c1-9-8-10-12(5-2-6-13(10)18)17(9)14-11(15)4-3-7-16-14/h3-4,7-8H,2,5-6H2,1H3. The van der Waals surface area contributed by atoms with Gasteiger partial charge < -0.3 is 4.57 Å². The van der Waals surface area contributed by atoms with Crippen LogP contribution < -0.4 is 0 Å². The topological polar surface area (TPSA) is 34.9 Å². The van der Waals surface area contributed by atoms with E-state index in [0.717, 1.165) is 29.8 Å². The number of carbonyl (C=O) groups excluding carboxylic acids is 1. The van der Waals surface area contributed by atoms with Crippen molar-refractivity contribution in [2.24, 2.45) is 0 Å². The molecule has 0 atom stereocenters. The van der Waals surface area contributed by atoms with E-state index in [1.807, 2.05) is 29.7 Å². The van der Waals surface area contributed by atoms with Crippen molar-refractivity contribution < 1.29 is 4.79 Å². The van der Waals surface area contributed by atoms with Crippen molar-refractivity contribution in [1.29, 1.82) is 0 Å². The van der Waals surface area contributed by atoms with E-state index in [2.05, 4.69) is 4.98 Å². The Hall–Kier alpha value is -1.61. The number of ketones is 1. The van der Waals surface area contributed by atoms with Crippen molar-refractivity contribution in [2.45, 2.75) is 26.2 Å². The molecule has 0 unspecified atom stereocenters. The maximum atomic E-state index is 11.9. The number of nitrogens with zero attached hydrogens (tertiary/aromatic N) is 2. The van der Waals surface area contributed by atoms with Crippen molar-refractivity contribution >= 4 is 17.4 Å². The second kappa shape index (κ2) is 4.25. The van der Waals surface area contributed by atoms with Gasteiger partial charge in [0, 0.05) is 29.6 Å². The molecule has 1 aliphatic carbocycles. The first-order chi connectivity index (χ1) is 8.68. The molecule has 4 heteroatoms. The van der Waals surface area contributed by atoms with Crippen LogP contribution in [0.2, 0.25) is 5.02 Å². The van der Waals surface area contributed by atoms with E-state index in [0.29, 0.717) is 17.3 Å². The van der Waals surface area contributed by atoms with E-state index in [1.165, 1.54) is 0 Å². The van der Waals surface area contributed by atoms with E-state index < -0.39 is 0 Å². The van der Waals surface area contributed by atoms with Crippen LogP contribution in [-0.2, 0) is 6.42 Å². The van der Waals surface area contributed by atoms with E-state index >= 15 is 0 Å². The molecule has 92 valence electrons. The SMILES string of the molecule is Cc1cc2c(n1-c1ncccc1Cl)CCCC2=O. The maximum absolute atomic E-state index is 11.9. The Bertz CT molecular complexity index is 631. The number of halogens is 1. The minimum Gasteiger partial charge on any atom is -0.301 e. The fraction of sp³-hybridized carbons (Fsp3) is 0.286. The molecule has 0 fully saturated rings. The second-order valence-corrected chi connectivity index (χ2v) is 4.97. The van der Waals surface area contributed by atoms with Gasteiger partial charge in [-0.25, -0.2) is 4.98 Å². The molecule has 3 nitrogen and oxygen atoms in total. The van der Waals surface area contributed by atoms with Crippen LogP contribution in [0.15, 0.2) is 24.4 Å². The summed E-state index contributed by atoms with van der Waals surface area (Å²) in [5.74, 6) is 0.942. The van der Waals surface area contributed by atoms with Gasteiger partial charge in [0.15, 0.2) is 11.6 Å². The highest BCUT2D eigenvalue weighted by atomic mass is 35.5. The fourth-order valence-corrected chi connectivity index (χ4v) is 2.77. The van der Waals surface area contributed by atoms with Gasteiger partial charge in [-0.05, 0) is 38.0 Å². The molecule has 0 aromatic carbocycles. The number of rotatable bonds is 1. The molecule has 2 aromatic heterocycles. The lowest BCUT2D eigenvalue weighted by Crippen LogP contribution is -2.13. The summed E-state index contributed by atoms with van der Waals surface area (Å²) in [5.41, 5.74) is 2.89. The van der Waals surface area contributed by atoms with Crippen molar-refractivity contribution in [3.63, 3.8) is 0 Å². The zero-order valence-corrected chi connectivity index (χ0v) is 10.9. The Balaban J connectivity index is 2.25. The zero-order valence-electron chi connectivity index (χ0n) is 10.1. The minimum absolute atomic E-state index is 0.227. The highest BCUT2D eigenvalue weighted by molar-refractivity contribution is 6.32. The second-order valence-electron chi connectivity index (χ2n) is 4.57. The summed E-state index contributed by atoms with van der Waals surface area (Å²) in [4.78, 5) is 16.2. The average Bonchev–Trinajstić information content (AvgIpc) is 2.68. The zero-order chi connectivity index (χ0) is 12.7. The number of aryl methyl sites for hydroxylation is 1. The summed E-state index contributed by atoms with van der Waals surface area (Å²) in [5, 5.41) is 0.608. The molecule has 2 aromatic rings. The lowest BCUT2D eigenvalue weighted by molar-refractivity contribution is 0.0972. The normalized spacial score (nSPS) is 14.7. The first kappa shape index (κ1) is 11.5. The first-order valence-corrected chi connectivity index (χ1v) is 6.41. The molecule has 2 heterocycles. The smallest absolute Gasteiger partial charge is 0.164 e. The number of fused-ring (bicyclic) bond motifs is 1. The van der Waals surface area contributed by atoms with Gasteiger partial charge in [-0.3, -0.25) is 4.79 Å². The average molecular weight is 261 g/mol. The van der Waals surface area contributed by atoms with Crippen LogP contribution in [-0.4, -0.2) is 15.3 Å². The van der Waals surface area contributed by atoms with Gasteiger partial charge >= 0.3 is 0 Å². The molecule has 3 rings (SSSR count). The summed E-state index contributed by atoms with van der Waals surface area (Å²) in [7, 11) is 0. The van der Waals surface area contributed by atoms with Gasteiger partial charge in [0.1, 0.15) is 0 Å². The minimum atomic E-state index is 0.227. The molecule has 0 aliphatic heterocycles. The van der Waals surface area contributed by atoms with Crippen LogP contribution in [0.5, 0.6) is 0 Å². The quantitative estimate of drug-likeness (QED) is 0.788. The third kappa shape index (κ3) is 1.66. The summed E-state index contributed by atoms with van der Waals surface area (Å²) >= 11 is 6.20. The third-order valence-corrected chi connectivity index (χ3v) is 3.65. The predicted molar refractivity (Wildman–Crippen MR) is 70.6 cm³/mol. The monoisotopic (exact) mass is 260 g/mol. The summed E-state index contributed by atoms with van der Waals surface area (Å²) in [6.07, 6.45) is 4.17. The van der Waals surface area contributed by atoms with Gasteiger partial charge in [0.25, 0.3) is 0 Å². The number of carbonyl (C=O) groups is 1. The number of hydrogen-bond acceptors (Lipinski definition) is 2. The van der Waals surface area contributed by atoms with E-state index in [1.54, 1.807) is 6.20 Å². The van der Waals surface area contributed by atoms with E-state index in [4.69, 9.17) is 11.6 Å². The number of aromatic nitrogens is 2. The Morgan fingerprint density at radius 1 is 1.39 bits per heavy atom. The molecule has 0 radical (unpaired) electrons. The molecule has 0 N–H and O–H groups in total. The molecule has 1 aliphatic rings. The Labute approximate surface area is 110 Å². The summed E-state index contributed by atoms with van der Waals surface area (Å²) < 4.78 is 2.01. The molecule has 0 bridgehead atoms. The maximum Gasteiger partial charge on any atom is 0.164 e. The van der Waals surface area contributed by atoms with Crippen molar-refractivity contribution in [3.8, 4) is 5.82 Å². The van der Waals surface area contributed by atoms with Crippen LogP contribution in [0.25, 0.3) is 5.82 Å². The number of hydrogen-bond donors (Lipinski definition) is 0. The number of Topliss-reactive ketones (excluding diaryl/α,β-unsaturated/α-hetero) is 1. The summed E-state index contributed by atoms with van der Waals surface area (Å²) in [6.45, 7) is 1.98. The Morgan fingerprint density at radius 2 is 2.22 bits per heavy atom. The molecular weight excluding hydrogens is 248 g/mol. The highest BCUT2D eigenvalue weighted by Gasteiger charge is 2.24. The highest BCUT2D eigenvalue weighted by Crippen LogP contribution is 2.29. The van der Waals surface area contributed by atoms with E-state index in [9.17, 15) is 4.79 Å². The predicted octanol–water partition coefficient (Wildman–Crippen LogP) is 3.35. The Morgan fingerprint density at radius 3 is 3.00 bits per heavy atom. The first-order valence-electron chi connectivity index (χ1n) is 6.04. The fourth-order valence-electron chi connectivity index (χ4n) is 2.57. The molecule has 18 heavy (non-hydrogen) atoms. The van der Waals surface area contributed by atoms with Crippen molar-refractivity contribution in [3.05, 3.63) is 46.4 Å². The van der Waals surface area contributed by atoms with Gasteiger partial charge in [0.2, 0.25) is 0 Å². The van der Waals surface area contributed by atoms with Crippen LogP contribution >= 0.6 is 11.6 Å². The van der Waals surface area contributed by atoms with Gasteiger partial charge in [0.05, 0.1) is 5.02 Å². The van der Waals surface area contributed by atoms with Gasteiger partial charge in [-0.1, -0.05) is 11.6 Å². The Kier molecular flexibility index (Phi) is 2.71. The largest absolute Gasteiger partial charge is 0.301 e. The third-order valence-electron chi connectivity index (χ3n) is 3.36. The summed E-state index contributed by atoms with van der Waals surface area (Å²) in [6, 6.07) is 5.57. The van der Waals surface area contributed by atoms with Gasteiger partial charge in [-0.15, -0.1) is 0 Å². The molecule has 0 saturated heterocycles. The van der Waals surface area contributed by atoms with Crippen molar-refractivity contribution in [1.82, 2.24) is 9.55 Å². The number of pyridine rings is 1. The molecular formula is C14H13ClN2O. The lowest BCUT2D eigenvalue weighted by Gasteiger charge is -2.16. The molecule has 0 spiro atoms. The van der Waals surface area contributed by atoms with Gasteiger partial charge in [-0.2, -0.15) is 0 Å². The van der Waals surface area contributed by atoms with Crippen LogP contribution in [0.3, 0.4) is 0 Å². The van der Waals surface area contributed by atoms with Crippen LogP contribution in [0, 0.1) is 6.92 Å². The van der Waals surface area contributed by atoms with Crippen LogP contribution in [0.1, 0.15) is 34.6 Å². The molecule has 0 saturated carbocycles. The van der Waals surface area contributed by atoms with Crippen molar-refractivity contribution in [2.75, 3.05) is 0 Å². The lowest BCUT2D eigenvalue weighted by atomic mass is 9.97. The molecule has 0 amide bonds. The van der Waals surface area contributed by atoms with Crippen LogP contribution in [0.4, 0.5) is 0 Å². The van der Waals surface area contributed by atoms with E-state index in [-0.39, 0.29) is 5.78 Å².